The van der Waals surface area contributed by atoms with Gasteiger partial charge in [0, 0.05) is 15.4 Å². The van der Waals surface area contributed by atoms with Crippen molar-refractivity contribution >= 4 is 39.6 Å². The first-order valence-corrected chi connectivity index (χ1v) is 8.24. The first kappa shape index (κ1) is 15.4. The summed E-state index contributed by atoms with van der Waals surface area (Å²) >= 11 is 4.83. The fourth-order valence-corrected chi connectivity index (χ4v) is 3.70. The average molecular weight is 358 g/mol. The number of carboxylic acids is 1. The number of carboxylic acid groups (broad SMARTS) is 1. The molecule has 4 nitrogen and oxygen atoms in total. The molecule has 108 valence electrons. The SMILES string of the molecule is O=C(CSc1cccc(Br)c1)N[C@H]1CCC[C@H]1C(=O)O. The van der Waals surface area contributed by atoms with Gasteiger partial charge >= 0.3 is 5.97 Å². The van der Waals surface area contributed by atoms with Gasteiger partial charge in [-0.25, -0.2) is 0 Å². The molecule has 1 aliphatic carbocycles. The Morgan fingerprint density at radius 1 is 1.40 bits per heavy atom. The van der Waals surface area contributed by atoms with Crippen LogP contribution in [0, 0.1) is 5.92 Å². The molecule has 2 atom stereocenters. The van der Waals surface area contributed by atoms with Gasteiger partial charge in [-0.15, -0.1) is 11.8 Å². The highest BCUT2D eigenvalue weighted by Gasteiger charge is 2.33. The lowest BCUT2D eigenvalue weighted by Gasteiger charge is -2.17. The smallest absolute Gasteiger partial charge is 0.308 e. The summed E-state index contributed by atoms with van der Waals surface area (Å²) in [6.45, 7) is 0. The fraction of sp³-hybridized carbons (Fsp3) is 0.429. The van der Waals surface area contributed by atoms with Crippen LogP contribution in [0.25, 0.3) is 0 Å². The molecular formula is C14H16BrNO3S. The largest absolute Gasteiger partial charge is 0.481 e. The lowest BCUT2D eigenvalue weighted by molar-refractivity contribution is -0.142. The van der Waals surface area contributed by atoms with Crippen molar-refractivity contribution in [3.8, 4) is 0 Å². The van der Waals surface area contributed by atoms with Crippen LogP contribution in [0.3, 0.4) is 0 Å². The highest BCUT2D eigenvalue weighted by molar-refractivity contribution is 9.10. The van der Waals surface area contributed by atoms with Gasteiger partial charge in [0.2, 0.25) is 5.91 Å². The number of halogens is 1. The monoisotopic (exact) mass is 357 g/mol. The van der Waals surface area contributed by atoms with Crippen LogP contribution >= 0.6 is 27.7 Å². The third kappa shape index (κ3) is 4.24. The zero-order valence-electron chi connectivity index (χ0n) is 10.8. The third-order valence-electron chi connectivity index (χ3n) is 3.35. The highest BCUT2D eigenvalue weighted by atomic mass is 79.9. The maximum Gasteiger partial charge on any atom is 0.308 e. The second-order valence-electron chi connectivity index (χ2n) is 4.80. The lowest BCUT2D eigenvalue weighted by Crippen LogP contribution is -2.40. The van der Waals surface area contributed by atoms with Crippen molar-refractivity contribution < 1.29 is 14.7 Å². The van der Waals surface area contributed by atoms with Gasteiger partial charge in [0.05, 0.1) is 11.7 Å². The first-order chi connectivity index (χ1) is 9.56. The molecule has 1 amide bonds. The molecule has 2 rings (SSSR count). The summed E-state index contributed by atoms with van der Waals surface area (Å²) in [5, 5.41) is 11.9. The fourth-order valence-electron chi connectivity index (χ4n) is 2.38. The van der Waals surface area contributed by atoms with Crippen LogP contribution in [0.4, 0.5) is 0 Å². The van der Waals surface area contributed by atoms with Crippen molar-refractivity contribution in [3.63, 3.8) is 0 Å². The molecule has 0 spiro atoms. The molecule has 0 heterocycles. The minimum Gasteiger partial charge on any atom is -0.481 e. The number of thioether (sulfide) groups is 1. The molecule has 0 radical (unpaired) electrons. The zero-order valence-corrected chi connectivity index (χ0v) is 13.2. The van der Waals surface area contributed by atoms with E-state index in [9.17, 15) is 9.59 Å². The number of rotatable bonds is 5. The van der Waals surface area contributed by atoms with Gasteiger partial charge in [0.15, 0.2) is 0 Å². The number of benzene rings is 1. The molecule has 1 saturated carbocycles. The molecular weight excluding hydrogens is 342 g/mol. The summed E-state index contributed by atoms with van der Waals surface area (Å²) in [6.07, 6.45) is 2.27. The Labute approximate surface area is 130 Å². The normalized spacial score (nSPS) is 21.6. The second kappa shape index (κ2) is 7.13. The van der Waals surface area contributed by atoms with Crippen molar-refractivity contribution in [2.75, 3.05) is 5.75 Å². The third-order valence-corrected chi connectivity index (χ3v) is 4.83. The van der Waals surface area contributed by atoms with Gasteiger partial charge in [0.1, 0.15) is 0 Å². The van der Waals surface area contributed by atoms with Crippen molar-refractivity contribution in [2.24, 2.45) is 5.92 Å². The molecule has 1 aromatic rings. The summed E-state index contributed by atoms with van der Waals surface area (Å²) in [7, 11) is 0. The molecule has 1 aliphatic rings. The molecule has 0 saturated heterocycles. The Bertz CT molecular complexity index is 509. The minimum absolute atomic E-state index is 0.104. The minimum atomic E-state index is -0.813. The number of aliphatic carboxylic acids is 1. The molecule has 1 fully saturated rings. The highest BCUT2D eigenvalue weighted by Crippen LogP contribution is 2.26. The first-order valence-electron chi connectivity index (χ1n) is 6.47. The van der Waals surface area contributed by atoms with Crippen molar-refractivity contribution in [2.45, 2.75) is 30.2 Å². The van der Waals surface area contributed by atoms with Gasteiger partial charge in [-0.2, -0.15) is 0 Å². The van der Waals surface area contributed by atoms with Crippen LogP contribution in [0.15, 0.2) is 33.6 Å². The molecule has 0 aliphatic heterocycles. The number of nitrogens with one attached hydrogen (secondary N) is 1. The molecule has 0 bridgehead atoms. The predicted octanol–water partition coefficient (Wildman–Crippen LogP) is 2.91. The van der Waals surface area contributed by atoms with Crippen molar-refractivity contribution in [1.82, 2.24) is 5.32 Å². The van der Waals surface area contributed by atoms with Crippen LogP contribution in [0.5, 0.6) is 0 Å². The Morgan fingerprint density at radius 3 is 2.90 bits per heavy atom. The lowest BCUT2D eigenvalue weighted by atomic mass is 10.0. The summed E-state index contributed by atoms with van der Waals surface area (Å²) in [5.41, 5.74) is 0. The quantitative estimate of drug-likeness (QED) is 0.795. The van der Waals surface area contributed by atoms with Gasteiger partial charge in [-0.3, -0.25) is 9.59 Å². The Kier molecular flexibility index (Phi) is 5.48. The zero-order chi connectivity index (χ0) is 14.5. The van der Waals surface area contributed by atoms with Crippen LogP contribution in [-0.2, 0) is 9.59 Å². The number of carbonyl (C=O) groups excluding carboxylic acids is 1. The number of hydrogen-bond acceptors (Lipinski definition) is 3. The van der Waals surface area contributed by atoms with Gasteiger partial charge in [-0.1, -0.05) is 28.4 Å². The van der Waals surface area contributed by atoms with Crippen LogP contribution < -0.4 is 5.32 Å². The van der Waals surface area contributed by atoms with E-state index >= 15 is 0 Å². The summed E-state index contributed by atoms with van der Waals surface area (Å²) < 4.78 is 0.977. The van der Waals surface area contributed by atoms with Gasteiger partial charge in [0.25, 0.3) is 0 Å². The summed E-state index contributed by atoms with van der Waals surface area (Å²) in [4.78, 5) is 23.9. The van der Waals surface area contributed by atoms with E-state index in [1.54, 1.807) is 0 Å². The second-order valence-corrected chi connectivity index (χ2v) is 6.76. The summed E-state index contributed by atoms with van der Waals surface area (Å²) in [6, 6.07) is 7.52. The van der Waals surface area contributed by atoms with Crippen LogP contribution in [0.2, 0.25) is 0 Å². The molecule has 1 aromatic carbocycles. The van der Waals surface area contributed by atoms with E-state index in [0.29, 0.717) is 12.2 Å². The Hall–Kier alpha value is -1.01. The van der Waals surface area contributed by atoms with Gasteiger partial charge in [-0.05, 0) is 31.0 Å². The van der Waals surface area contributed by atoms with E-state index in [1.807, 2.05) is 24.3 Å². The summed E-state index contributed by atoms with van der Waals surface area (Å²) in [5.74, 6) is -1.05. The van der Waals surface area contributed by atoms with E-state index in [1.165, 1.54) is 11.8 Å². The van der Waals surface area contributed by atoms with E-state index in [4.69, 9.17) is 5.11 Å². The average Bonchev–Trinajstić information content (AvgIpc) is 2.85. The molecule has 20 heavy (non-hydrogen) atoms. The number of amides is 1. The number of hydrogen-bond donors (Lipinski definition) is 2. The topological polar surface area (TPSA) is 66.4 Å². The van der Waals surface area contributed by atoms with E-state index in [-0.39, 0.29) is 11.9 Å². The van der Waals surface area contributed by atoms with E-state index in [0.717, 1.165) is 22.2 Å². The molecule has 0 unspecified atom stereocenters. The van der Waals surface area contributed by atoms with Crippen LogP contribution in [-0.4, -0.2) is 28.8 Å². The van der Waals surface area contributed by atoms with Gasteiger partial charge < -0.3 is 10.4 Å². The number of carbonyl (C=O) groups is 2. The molecule has 0 aromatic heterocycles. The van der Waals surface area contributed by atoms with Crippen molar-refractivity contribution in [3.05, 3.63) is 28.7 Å². The Balaban J connectivity index is 1.82. The van der Waals surface area contributed by atoms with E-state index < -0.39 is 11.9 Å². The Morgan fingerprint density at radius 2 is 2.20 bits per heavy atom. The molecule has 6 heteroatoms. The maximum absolute atomic E-state index is 11.9. The predicted molar refractivity (Wildman–Crippen MR) is 81.8 cm³/mol. The van der Waals surface area contributed by atoms with E-state index in [2.05, 4.69) is 21.2 Å². The van der Waals surface area contributed by atoms with Crippen LogP contribution in [0.1, 0.15) is 19.3 Å². The maximum atomic E-state index is 11.9. The van der Waals surface area contributed by atoms with Crippen molar-refractivity contribution in [1.29, 1.82) is 0 Å². The molecule has 2 N–H and O–H groups in total. The standard InChI is InChI=1S/C14H16BrNO3S/c15-9-3-1-4-10(7-9)20-8-13(17)16-12-6-2-5-11(12)14(18)19/h1,3-4,7,11-12H,2,5-6,8H2,(H,16,17)(H,18,19)/t11-,12+/m1/s1.